The monoisotopic (exact) mass is 340 g/mol. The number of carbonyl (C=O) groups is 1. The molecule has 0 saturated heterocycles. The molecule has 5 heteroatoms. The number of ether oxygens (including phenoxy) is 1. The van der Waals surface area contributed by atoms with E-state index in [0.29, 0.717) is 24.8 Å². The number of aryl methyl sites for hydroxylation is 2. The molecule has 0 radical (unpaired) electrons. The van der Waals surface area contributed by atoms with E-state index in [-0.39, 0.29) is 5.91 Å². The summed E-state index contributed by atoms with van der Waals surface area (Å²) in [6.45, 7) is 5.02. The molecule has 1 aromatic heterocycles. The molecule has 1 heterocycles. The van der Waals surface area contributed by atoms with Gasteiger partial charge in [-0.2, -0.15) is 0 Å². The molecule has 2 aromatic carbocycles. The molecule has 0 spiro atoms. The van der Waals surface area contributed by atoms with Crippen LogP contribution in [-0.4, -0.2) is 17.5 Å². The van der Waals surface area contributed by atoms with Gasteiger partial charge in [0.1, 0.15) is 0 Å². The Labute approximate surface area is 145 Å². The standard InChI is InChI=1S/C19H20N2O2S/c1-13-10-14(2)18-16(11-13)24-19(21-18)20-17(22)8-9-23-12-15-6-4-3-5-7-15/h3-7,10-11H,8-9,12H2,1-2H3,(H,20,21,22). The van der Waals surface area contributed by atoms with Gasteiger partial charge in [-0.1, -0.05) is 47.7 Å². The smallest absolute Gasteiger partial charge is 0.228 e. The SMILES string of the molecule is Cc1cc(C)c2nc(NC(=O)CCOCc3ccccc3)sc2c1. The molecule has 24 heavy (non-hydrogen) atoms. The second kappa shape index (κ2) is 7.55. The number of aromatic nitrogens is 1. The first-order valence-corrected chi connectivity index (χ1v) is 8.73. The van der Waals surface area contributed by atoms with E-state index in [1.165, 1.54) is 16.9 Å². The van der Waals surface area contributed by atoms with Gasteiger partial charge in [0.15, 0.2) is 5.13 Å². The van der Waals surface area contributed by atoms with E-state index < -0.39 is 0 Å². The van der Waals surface area contributed by atoms with Crippen LogP contribution in [0.15, 0.2) is 42.5 Å². The topological polar surface area (TPSA) is 51.2 Å². The summed E-state index contributed by atoms with van der Waals surface area (Å²) in [4.78, 5) is 16.5. The Bertz CT molecular complexity index is 843. The normalized spacial score (nSPS) is 10.9. The zero-order valence-electron chi connectivity index (χ0n) is 13.8. The number of fused-ring (bicyclic) bond motifs is 1. The number of anilines is 1. The number of rotatable bonds is 6. The van der Waals surface area contributed by atoms with Crippen molar-refractivity contribution in [1.82, 2.24) is 4.98 Å². The molecular formula is C19H20N2O2S. The lowest BCUT2D eigenvalue weighted by Gasteiger charge is -2.04. The fourth-order valence-corrected chi connectivity index (χ4v) is 3.59. The third-order valence-electron chi connectivity index (χ3n) is 3.66. The van der Waals surface area contributed by atoms with Crippen molar-refractivity contribution in [1.29, 1.82) is 0 Å². The lowest BCUT2D eigenvalue weighted by atomic mass is 10.1. The Hall–Kier alpha value is -2.24. The van der Waals surface area contributed by atoms with E-state index in [4.69, 9.17) is 4.74 Å². The number of carbonyl (C=O) groups excluding carboxylic acids is 1. The Balaban J connectivity index is 1.51. The number of nitrogens with zero attached hydrogens (tertiary/aromatic N) is 1. The largest absolute Gasteiger partial charge is 0.376 e. The molecule has 0 atom stereocenters. The molecule has 124 valence electrons. The highest BCUT2D eigenvalue weighted by atomic mass is 32.1. The maximum atomic E-state index is 12.0. The first-order valence-electron chi connectivity index (χ1n) is 7.91. The van der Waals surface area contributed by atoms with Gasteiger partial charge < -0.3 is 10.1 Å². The Morgan fingerprint density at radius 1 is 1.21 bits per heavy atom. The summed E-state index contributed by atoms with van der Waals surface area (Å²) < 4.78 is 6.64. The Kier molecular flexibility index (Phi) is 5.23. The number of hydrogen-bond donors (Lipinski definition) is 1. The number of nitrogens with one attached hydrogen (secondary N) is 1. The third kappa shape index (κ3) is 4.19. The summed E-state index contributed by atoms with van der Waals surface area (Å²) in [6, 6.07) is 14.1. The van der Waals surface area contributed by atoms with Crippen molar-refractivity contribution in [3.63, 3.8) is 0 Å². The molecule has 0 fully saturated rings. The number of hydrogen-bond acceptors (Lipinski definition) is 4. The highest BCUT2D eigenvalue weighted by molar-refractivity contribution is 7.22. The van der Waals surface area contributed by atoms with Crippen molar-refractivity contribution in [3.8, 4) is 0 Å². The first kappa shape index (κ1) is 16.6. The average Bonchev–Trinajstić information content (AvgIpc) is 2.95. The Morgan fingerprint density at radius 2 is 2.00 bits per heavy atom. The van der Waals surface area contributed by atoms with E-state index in [1.807, 2.05) is 37.3 Å². The van der Waals surface area contributed by atoms with Gasteiger partial charge in [-0.05, 0) is 36.6 Å². The molecule has 0 saturated carbocycles. The van der Waals surface area contributed by atoms with Gasteiger partial charge in [-0.25, -0.2) is 4.98 Å². The van der Waals surface area contributed by atoms with Crippen LogP contribution in [0.3, 0.4) is 0 Å². The van der Waals surface area contributed by atoms with Gasteiger partial charge in [0.2, 0.25) is 5.91 Å². The molecule has 1 amide bonds. The summed E-state index contributed by atoms with van der Waals surface area (Å²) in [5, 5.41) is 3.51. The van der Waals surface area contributed by atoms with Gasteiger partial charge in [0.25, 0.3) is 0 Å². The van der Waals surface area contributed by atoms with E-state index in [2.05, 4.69) is 29.4 Å². The average molecular weight is 340 g/mol. The van der Waals surface area contributed by atoms with Crippen LogP contribution < -0.4 is 5.32 Å². The third-order valence-corrected chi connectivity index (χ3v) is 4.58. The van der Waals surface area contributed by atoms with Crippen molar-refractivity contribution in [2.45, 2.75) is 26.9 Å². The molecule has 0 unspecified atom stereocenters. The molecule has 4 nitrogen and oxygen atoms in total. The second-order valence-electron chi connectivity index (χ2n) is 5.78. The van der Waals surface area contributed by atoms with E-state index >= 15 is 0 Å². The molecule has 0 aliphatic heterocycles. The quantitative estimate of drug-likeness (QED) is 0.674. The minimum atomic E-state index is -0.0727. The van der Waals surface area contributed by atoms with E-state index in [9.17, 15) is 4.79 Å². The highest BCUT2D eigenvalue weighted by Crippen LogP contribution is 2.29. The maximum absolute atomic E-state index is 12.0. The van der Waals surface area contributed by atoms with Crippen LogP contribution in [-0.2, 0) is 16.1 Å². The van der Waals surface area contributed by atoms with Crippen LogP contribution in [0.2, 0.25) is 0 Å². The van der Waals surface area contributed by atoms with E-state index in [1.54, 1.807) is 0 Å². The van der Waals surface area contributed by atoms with Crippen LogP contribution in [0.25, 0.3) is 10.2 Å². The summed E-state index contributed by atoms with van der Waals surface area (Å²) in [5.74, 6) is -0.0727. The molecule has 1 N–H and O–H groups in total. The number of benzene rings is 2. The Morgan fingerprint density at radius 3 is 2.79 bits per heavy atom. The van der Waals surface area contributed by atoms with Crippen molar-refractivity contribution in [3.05, 3.63) is 59.2 Å². The van der Waals surface area contributed by atoms with Crippen LogP contribution >= 0.6 is 11.3 Å². The number of amides is 1. The predicted octanol–water partition coefficient (Wildman–Crippen LogP) is 4.46. The summed E-state index contributed by atoms with van der Waals surface area (Å²) in [6.07, 6.45) is 0.320. The van der Waals surface area contributed by atoms with Crippen LogP contribution in [0.1, 0.15) is 23.1 Å². The zero-order chi connectivity index (χ0) is 16.9. The lowest BCUT2D eigenvalue weighted by molar-refractivity contribution is -0.117. The van der Waals surface area contributed by atoms with E-state index in [0.717, 1.165) is 21.3 Å². The van der Waals surface area contributed by atoms with Crippen LogP contribution in [0.5, 0.6) is 0 Å². The fourth-order valence-electron chi connectivity index (χ4n) is 2.53. The van der Waals surface area contributed by atoms with Crippen molar-refractivity contribution in [2.24, 2.45) is 0 Å². The van der Waals surface area contributed by atoms with Crippen molar-refractivity contribution in [2.75, 3.05) is 11.9 Å². The predicted molar refractivity (Wildman–Crippen MR) is 98.4 cm³/mol. The first-order chi connectivity index (χ1) is 11.6. The van der Waals surface area contributed by atoms with Gasteiger partial charge in [0.05, 0.1) is 29.9 Å². The summed E-state index contributed by atoms with van der Waals surface area (Å²) in [7, 11) is 0. The molecule has 0 bridgehead atoms. The van der Waals surface area contributed by atoms with Crippen LogP contribution in [0, 0.1) is 13.8 Å². The highest BCUT2D eigenvalue weighted by Gasteiger charge is 2.10. The minimum Gasteiger partial charge on any atom is -0.376 e. The van der Waals surface area contributed by atoms with Crippen molar-refractivity contribution >= 4 is 32.6 Å². The van der Waals surface area contributed by atoms with Gasteiger partial charge in [-0.15, -0.1) is 0 Å². The molecule has 3 rings (SSSR count). The number of thiazole rings is 1. The van der Waals surface area contributed by atoms with Gasteiger partial charge in [-0.3, -0.25) is 4.79 Å². The minimum absolute atomic E-state index is 0.0727. The maximum Gasteiger partial charge on any atom is 0.228 e. The van der Waals surface area contributed by atoms with Gasteiger partial charge >= 0.3 is 0 Å². The molecular weight excluding hydrogens is 320 g/mol. The molecule has 0 aliphatic rings. The van der Waals surface area contributed by atoms with Crippen molar-refractivity contribution < 1.29 is 9.53 Å². The van der Waals surface area contributed by atoms with Gasteiger partial charge in [0, 0.05) is 0 Å². The van der Waals surface area contributed by atoms with Crippen LogP contribution in [0.4, 0.5) is 5.13 Å². The molecule has 3 aromatic rings. The fraction of sp³-hybridized carbons (Fsp3) is 0.263. The lowest BCUT2D eigenvalue weighted by Crippen LogP contribution is -2.13. The summed E-state index contributed by atoms with van der Waals surface area (Å²) in [5.41, 5.74) is 4.40. The zero-order valence-corrected chi connectivity index (χ0v) is 14.7. The molecule has 0 aliphatic carbocycles. The second-order valence-corrected chi connectivity index (χ2v) is 6.81. The summed E-state index contributed by atoms with van der Waals surface area (Å²) >= 11 is 1.51.